The maximum atomic E-state index is 12.9. The molecular formula is C17H29F2N3O2S. The maximum Gasteiger partial charge on any atom is 0.252 e. The van der Waals surface area contributed by atoms with E-state index in [0.29, 0.717) is 5.84 Å². The van der Waals surface area contributed by atoms with E-state index in [4.69, 9.17) is 4.99 Å². The highest BCUT2D eigenvalue weighted by Crippen LogP contribution is 2.41. The Labute approximate surface area is 149 Å². The van der Waals surface area contributed by atoms with Gasteiger partial charge in [-0.2, -0.15) is 4.31 Å². The zero-order chi connectivity index (χ0) is 19.4. The number of fused-ring (bicyclic) bond motifs is 1. The molecule has 0 bridgehead atoms. The molecule has 8 heteroatoms. The van der Waals surface area contributed by atoms with Crippen molar-refractivity contribution in [3.8, 4) is 0 Å². The van der Waals surface area contributed by atoms with Gasteiger partial charge in [-0.25, -0.2) is 17.2 Å². The Bertz CT molecular complexity index is 700. The Morgan fingerprint density at radius 2 is 1.72 bits per heavy atom. The van der Waals surface area contributed by atoms with Gasteiger partial charge in [0, 0.05) is 11.1 Å². The van der Waals surface area contributed by atoms with E-state index in [9.17, 15) is 17.2 Å². The zero-order valence-electron chi connectivity index (χ0n) is 16.1. The van der Waals surface area contributed by atoms with Gasteiger partial charge in [-0.3, -0.25) is 4.99 Å². The van der Waals surface area contributed by atoms with Gasteiger partial charge in [0.1, 0.15) is 11.7 Å². The molecule has 0 aliphatic carbocycles. The van der Waals surface area contributed by atoms with Crippen molar-refractivity contribution < 1.29 is 17.2 Å². The second kappa shape index (κ2) is 6.30. The molecule has 0 unspecified atom stereocenters. The van der Waals surface area contributed by atoms with E-state index in [1.807, 2.05) is 48.5 Å². The molecule has 0 spiro atoms. The van der Waals surface area contributed by atoms with Gasteiger partial charge in [0.2, 0.25) is 10.0 Å². The van der Waals surface area contributed by atoms with Crippen LogP contribution in [0.15, 0.2) is 16.3 Å². The first-order chi connectivity index (χ1) is 11.1. The van der Waals surface area contributed by atoms with Crippen molar-refractivity contribution in [2.75, 3.05) is 19.0 Å². The third-order valence-electron chi connectivity index (χ3n) is 4.46. The number of amidine groups is 1. The smallest absolute Gasteiger partial charge is 0.252 e. The van der Waals surface area contributed by atoms with Gasteiger partial charge in [0.15, 0.2) is 0 Å². The van der Waals surface area contributed by atoms with Crippen LogP contribution < -0.4 is 0 Å². The molecule has 144 valence electrons. The van der Waals surface area contributed by atoms with Crippen LogP contribution in [0.2, 0.25) is 0 Å². The summed E-state index contributed by atoms with van der Waals surface area (Å²) in [5, 5.41) is 0. The molecule has 0 saturated carbocycles. The second-order valence-corrected chi connectivity index (χ2v) is 10.8. The minimum atomic E-state index is -3.80. The zero-order valence-corrected chi connectivity index (χ0v) is 16.9. The molecule has 2 rings (SSSR count). The van der Waals surface area contributed by atoms with Crippen molar-refractivity contribution in [2.45, 2.75) is 60.9 Å². The number of aliphatic imine (C=N–C) groups is 1. The molecular weight excluding hydrogens is 348 g/mol. The molecule has 1 saturated heterocycles. The van der Waals surface area contributed by atoms with Crippen LogP contribution in [0, 0.1) is 10.8 Å². The number of sulfonamides is 1. The molecule has 2 heterocycles. The van der Waals surface area contributed by atoms with Crippen LogP contribution in [0.1, 0.15) is 48.5 Å². The molecule has 25 heavy (non-hydrogen) atoms. The third-order valence-corrected chi connectivity index (χ3v) is 6.11. The highest BCUT2D eigenvalue weighted by Gasteiger charge is 2.44. The highest BCUT2D eigenvalue weighted by atomic mass is 32.2. The van der Waals surface area contributed by atoms with Gasteiger partial charge in [0.05, 0.1) is 19.1 Å². The lowest BCUT2D eigenvalue weighted by Crippen LogP contribution is -2.56. The molecule has 0 aromatic heterocycles. The first-order valence-corrected chi connectivity index (χ1v) is 10.1. The second-order valence-electron chi connectivity index (χ2n) is 8.84. The average Bonchev–Trinajstić information content (AvgIpc) is 2.35. The predicted molar refractivity (Wildman–Crippen MR) is 96.0 cm³/mol. The van der Waals surface area contributed by atoms with Gasteiger partial charge >= 0.3 is 0 Å². The van der Waals surface area contributed by atoms with Crippen LogP contribution >= 0.6 is 0 Å². The largest absolute Gasteiger partial charge is 0.316 e. The summed E-state index contributed by atoms with van der Waals surface area (Å²) >= 11 is 0. The standard InChI is InChI=1S/C17H29F2N3O2S/c1-11-14(16(2,3)4)12-8-21(9-13(18)19)25(23,24)10-22(12)15(20-11)17(5,6)7/h11,13H,8-10H2,1-7H3/t11-/m0/s1. The fourth-order valence-electron chi connectivity index (χ4n) is 3.64. The number of hydrogen-bond acceptors (Lipinski definition) is 4. The molecule has 2 aliphatic rings. The van der Waals surface area contributed by atoms with Gasteiger partial charge in [-0.1, -0.05) is 41.5 Å². The van der Waals surface area contributed by atoms with Crippen molar-refractivity contribution in [2.24, 2.45) is 15.8 Å². The summed E-state index contributed by atoms with van der Waals surface area (Å²) in [5.41, 5.74) is 1.23. The summed E-state index contributed by atoms with van der Waals surface area (Å²) in [6, 6.07) is -0.116. The summed E-state index contributed by atoms with van der Waals surface area (Å²) < 4.78 is 51.8. The van der Waals surface area contributed by atoms with E-state index in [-0.39, 0.29) is 29.3 Å². The molecule has 0 N–H and O–H groups in total. The van der Waals surface area contributed by atoms with Crippen molar-refractivity contribution in [1.29, 1.82) is 0 Å². The molecule has 1 atom stereocenters. The van der Waals surface area contributed by atoms with E-state index in [0.717, 1.165) is 15.6 Å². The van der Waals surface area contributed by atoms with Crippen LogP contribution in [-0.2, 0) is 10.0 Å². The fraction of sp³-hybridized carbons (Fsp3) is 0.824. The molecule has 0 aromatic carbocycles. The van der Waals surface area contributed by atoms with Crippen LogP contribution in [-0.4, -0.2) is 54.9 Å². The van der Waals surface area contributed by atoms with Gasteiger partial charge in [-0.15, -0.1) is 0 Å². The molecule has 2 aliphatic heterocycles. The monoisotopic (exact) mass is 377 g/mol. The average molecular weight is 378 g/mol. The lowest BCUT2D eigenvalue weighted by Gasteiger charge is -2.47. The molecule has 5 nitrogen and oxygen atoms in total. The summed E-state index contributed by atoms with van der Waals surface area (Å²) in [4.78, 5) is 6.52. The first kappa shape index (κ1) is 20.3. The molecule has 0 amide bonds. The topological polar surface area (TPSA) is 53.0 Å². The molecule has 0 radical (unpaired) electrons. The Balaban J connectivity index is 2.61. The minimum Gasteiger partial charge on any atom is -0.316 e. The van der Waals surface area contributed by atoms with Gasteiger partial charge < -0.3 is 4.90 Å². The Kier molecular flexibility index (Phi) is 5.11. The van der Waals surface area contributed by atoms with Crippen molar-refractivity contribution >= 4 is 15.9 Å². The first-order valence-electron chi connectivity index (χ1n) is 8.50. The number of rotatable bonds is 2. The Hall–Kier alpha value is -1.02. The quantitative estimate of drug-likeness (QED) is 0.742. The van der Waals surface area contributed by atoms with E-state index >= 15 is 0 Å². The van der Waals surface area contributed by atoms with Crippen LogP contribution in [0.25, 0.3) is 0 Å². The van der Waals surface area contributed by atoms with Crippen LogP contribution in [0.5, 0.6) is 0 Å². The normalized spacial score (nSPS) is 25.3. The predicted octanol–water partition coefficient (Wildman–Crippen LogP) is 3.30. The van der Waals surface area contributed by atoms with E-state index < -0.39 is 23.0 Å². The summed E-state index contributed by atoms with van der Waals surface area (Å²) in [6.45, 7) is 13.3. The van der Waals surface area contributed by atoms with Crippen molar-refractivity contribution in [3.63, 3.8) is 0 Å². The van der Waals surface area contributed by atoms with Crippen LogP contribution in [0.3, 0.4) is 0 Å². The van der Waals surface area contributed by atoms with Gasteiger partial charge in [0.25, 0.3) is 6.43 Å². The minimum absolute atomic E-state index is 0.0291. The number of alkyl halides is 2. The van der Waals surface area contributed by atoms with Crippen molar-refractivity contribution in [3.05, 3.63) is 11.3 Å². The Morgan fingerprint density at radius 1 is 1.16 bits per heavy atom. The van der Waals surface area contributed by atoms with Gasteiger partial charge in [-0.05, 0) is 17.9 Å². The molecule has 1 fully saturated rings. The van der Waals surface area contributed by atoms with E-state index in [1.165, 1.54) is 0 Å². The third kappa shape index (κ3) is 4.05. The highest BCUT2D eigenvalue weighted by molar-refractivity contribution is 7.89. The van der Waals surface area contributed by atoms with Crippen molar-refractivity contribution in [1.82, 2.24) is 9.21 Å². The lowest BCUT2D eigenvalue weighted by molar-refractivity contribution is 0.117. The summed E-state index contributed by atoms with van der Waals surface area (Å²) in [7, 11) is -3.80. The van der Waals surface area contributed by atoms with E-state index in [2.05, 4.69) is 0 Å². The van der Waals surface area contributed by atoms with E-state index in [1.54, 1.807) is 4.90 Å². The van der Waals surface area contributed by atoms with Crippen LogP contribution in [0.4, 0.5) is 8.78 Å². The number of halogens is 2. The Morgan fingerprint density at radius 3 is 2.16 bits per heavy atom. The number of nitrogens with zero attached hydrogens (tertiary/aromatic N) is 3. The molecule has 0 aromatic rings. The maximum absolute atomic E-state index is 12.9. The summed E-state index contributed by atoms with van der Waals surface area (Å²) in [5.74, 6) is 0.362. The fourth-order valence-corrected chi connectivity index (χ4v) is 5.07. The number of hydrogen-bond donors (Lipinski definition) is 0. The summed E-state index contributed by atoms with van der Waals surface area (Å²) in [6.07, 6.45) is -2.70. The SMILES string of the molecule is C[C@@H]1N=C(C(C)(C)C)N2CS(=O)(=O)N(CC(F)F)CC2=C1C(C)(C)C. The lowest BCUT2D eigenvalue weighted by atomic mass is 9.79.